The van der Waals surface area contributed by atoms with Crippen molar-refractivity contribution in [2.24, 2.45) is 0 Å². The van der Waals surface area contributed by atoms with E-state index in [1.54, 1.807) is 12.1 Å². The molecule has 10 rings (SSSR count). The number of nitrogens with zero attached hydrogens (tertiary/aromatic N) is 3. The second-order valence-electron chi connectivity index (χ2n) is 14.7. The predicted octanol–water partition coefficient (Wildman–Crippen LogP) is 6.68. The normalized spacial score (nSPS) is 14.3. The minimum atomic E-state index is -1.22. The molecule has 4 aromatic carbocycles. The first-order valence-electron chi connectivity index (χ1n) is 19.4. The molecular formula is C50H36N5NaO3. The number of aliphatic carboxylic acids is 1. The van der Waals surface area contributed by atoms with E-state index >= 15 is 0 Å². The summed E-state index contributed by atoms with van der Waals surface area (Å²) in [5.74, 6) is -1.54. The topological polar surface area (TPSA) is 118 Å². The Morgan fingerprint density at radius 2 is 0.864 bits per heavy atom. The van der Waals surface area contributed by atoms with Crippen molar-refractivity contribution in [1.82, 2.24) is 24.8 Å². The first kappa shape index (κ1) is 38.0. The number of hydrogen-bond donors (Lipinski definition) is 2. The number of benzene rings is 4. The van der Waals surface area contributed by atoms with E-state index in [1.807, 2.05) is 72.8 Å². The van der Waals surface area contributed by atoms with Crippen LogP contribution < -0.4 is 34.7 Å². The largest absolute Gasteiger partial charge is 1.00 e. The van der Waals surface area contributed by atoms with Gasteiger partial charge >= 0.3 is 29.6 Å². The molecule has 1 saturated heterocycles. The Bertz CT molecular complexity index is 2930. The molecule has 3 aliphatic heterocycles. The van der Waals surface area contributed by atoms with Crippen LogP contribution in [0.4, 0.5) is 0 Å². The van der Waals surface area contributed by atoms with Crippen LogP contribution in [0.3, 0.4) is 0 Å². The maximum atomic E-state index is 13.6. The van der Waals surface area contributed by atoms with Crippen molar-refractivity contribution >= 4 is 58.2 Å². The number of amides is 1. The number of carboxylic acids is 1. The molecule has 8 nitrogen and oxygen atoms in total. The van der Waals surface area contributed by atoms with Crippen LogP contribution in [0.25, 0.3) is 90.9 Å². The van der Waals surface area contributed by atoms with E-state index < -0.39 is 12.0 Å². The van der Waals surface area contributed by atoms with Crippen molar-refractivity contribution in [3.05, 3.63) is 168 Å². The minimum Gasteiger partial charge on any atom is -0.548 e. The number of carbonyl (C=O) groups is 2. The van der Waals surface area contributed by atoms with E-state index in [0.717, 1.165) is 89.4 Å². The van der Waals surface area contributed by atoms with E-state index in [4.69, 9.17) is 9.97 Å². The summed E-state index contributed by atoms with van der Waals surface area (Å²) in [5.41, 5.74) is 14.9. The summed E-state index contributed by atoms with van der Waals surface area (Å²) in [6.07, 6.45) is 9.29. The van der Waals surface area contributed by atoms with Gasteiger partial charge in [-0.15, -0.1) is 0 Å². The Hall–Kier alpha value is -6.58. The summed E-state index contributed by atoms with van der Waals surface area (Å²) in [6, 6.07) is 45.7. The Morgan fingerprint density at radius 3 is 1.22 bits per heavy atom. The van der Waals surface area contributed by atoms with Crippen LogP contribution in [0, 0.1) is 0 Å². The Morgan fingerprint density at radius 1 is 0.508 bits per heavy atom. The minimum absolute atomic E-state index is 0. The van der Waals surface area contributed by atoms with Crippen molar-refractivity contribution < 1.29 is 44.3 Å². The van der Waals surface area contributed by atoms with Gasteiger partial charge in [-0.3, -0.25) is 4.79 Å². The number of H-pyrrole nitrogens is 2. The number of aromatic nitrogens is 4. The third kappa shape index (κ3) is 7.05. The van der Waals surface area contributed by atoms with Crippen molar-refractivity contribution in [2.75, 3.05) is 6.54 Å². The molecule has 2 N–H and O–H groups in total. The molecule has 9 heteroatoms. The molecule has 3 aliphatic rings. The summed E-state index contributed by atoms with van der Waals surface area (Å²) in [5, 5.41) is 11.8. The molecule has 1 fully saturated rings. The maximum Gasteiger partial charge on any atom is 1.00 e. The third-order valence-electron chi connectivity index (χ3n) is 11.1. The summed E-state index contributed by atoms with van der Waals surface area (Å²) >= 11 is 0. The van der Waals surface area contributed by atoms with Crippen LogP contribution in [0.15, 0.2) is 140 Å². The molecular weight excluding hydrogens is 742 g/mol. The monoisotopic (exact) mass is 777 g/mol. The SMILES string of the molecule is O=C([O-])[C@@H]1CCCN1C(=O)c1ccc(-c2c3nc(c(-c4ccccc4)c4ccc([nH]4)c(-c4ccccc4)c4nc(c(-c5ccccc5)c5ccc2[nH]5)C=C4)C=C3)cc1.[Na+]. The van der Waals surface area contributed by atoms with Crippen molar-refractivity contribution in [2.45, 2.75) is 18.9 Å². The van der Waals surface area contributed by atoms with Crippen LogP contribution in [0.5, 0.6) is 0 Å². The first-order valence-corrected chi connectivity index (χ1v) is 19.4. The van der Waals surface area contributed by atoms with E-state index in [-0.39, 0.29) is 35.5 Å². The van der Waals surface area contributed by atoms with Gasteiger partial charge in [-0.25, -0.2) is 9.97 Å². The molecule has 0 radical (unpaired) electrons. The van der Waals surface area contributed by atoms with E-state index in [2.05, 4.69) is 88.9 Å². The quantitative estimate of drug-likeness (QED) is 0.183. The fourth-order valence-corrected chi connectivity index (χ4v) is 8.43. The Kier molecular flexibility index (Phi) is 10.3. The van der Waals surface area contributed by atoms with Gasteiger partial charge in [0.25, 0.3) is 5.91 Å². The second-order valence-corrected chi connectivity index (χ2v) is 14.7. The van der Waals surface area contributed by atoms with Gasteiger partial charge in [0.15, 0.2) is 0 Å². The molecule has 59 heavy (non-hydrogen) atoms. The standard InChI is InChI=1S/C50H37N5O3.Na/c56-49(55-30-10-17-44(55)50(57)58)35-20-18-34(19-21-35)48-42-28-26-40(53-42)46(32-13-6-2-7-14-32)38-24-22-36(51-38)45(31-11-4-1-5-12-31)37-23-25-39(52-37)47(33-15-8-3-9-16-33)41-27-29-43(48)54-41;/h1-9,11-16,18-29,44,51,54H,10,17,30H2,(H,57,58);/q;+1/p-1/t44-;/m0./s1. The van der Waals surface area contributed by atoms with Gasteiger partial charge in [-0.05, 0) is 95.8 Å². The Balaban J connectivity index is 0.00000449. The van der Waals surface area contributed by atoms with Gasteiger partial charge in [-0.1, -0.05) is 103 Å². The summed E-state index contributed by atoms with van der Waals surface area (Å²) in [7, 11) is 0. The van der Waals surface area contributed by atoms with E-state index in [0.29, 0.717) is 24.9 Å². The predicted molar refractivity (Wildman–Crippen MR) is 230 cm³/mol. The fraction of sp³-hybridized carbons (Fsp3) is 0.0800. The first-order chi connectivity index (χ1) is 28.5. The molecule has 1 amide bonds. The van der Waals surface area contributed by atoms with Crippen LogP contribution >= 0.6 is 0 Å². The molecule has 0 spiro atoms. The molecule has 7 aromatic rings. The van der Waals surface area contributed by atoms with Gasteiger partial charge in [0.2, 0.25) is 0 Å². The molecule has 280 valence electrons. The number of fused-ring (bicyclic) bond motifs is 8. The summed E-state index contributed by atoms with van der Waals surface area (Å²) < 4.78 is 0. The van der Waals surface area contributed by atoms with Crippen LogP contribution in [0.2, 0.25) is 0 Å². The Labute approximate surface area is 363 Å². The molecule has 8 bridgehead atoms. The van der Waals surface area contributed by atoms with Gasteiger partial charge in [0.1, 0.15) is 0 Å². The van der Waals surface area contributed by atoms with Crippen molar-refractivity contribution in [1.29, 1.82) is 0 Å². The molecule has 0 aliphatic carbocycles. The number of hydrogen-bond acceptors (Lipinski definition) is 5. The number of carbonyl (C=O) groups excluding carboxylic acids is 2. The van der Waals surface area contributed by atoms with E-state index in [1.165, 1.54) is 4.90 Å². The zero-order chi connectivity index (χ0) is 39.2. The average Bonchev–Trinajstić information content (AvgIpc) is 4.12. The zero-order valence-electron chi connectivity index (χ0n) is 32.4. The summed E-state index contributed by atoms with van der Waals surface area (Å²) in [6.45, 7) is 0.385. The molecule has 1 atom stereocenters. The second kappa shape index (κ2) is 16.0. The van der Waals surface area contributed by atoms with E-state index in [9.17, 15) is 14.7 Å². The number of carboxylic acid groups (broad SMARTS) is 1. The molecule has 0 unspecified atom stereocenters. The number of rotatable bonds is 6. The van der Waals surface area contributed by atoms with Crippen LogP contribution in [-0.4, -0.2) is 49.3 Å². The number of likely N-dealkylation sites (tertiary alicyclic amines) is 1. The fourth-order valence-electron chi connectivity index (χ4n) is 8.43. The van der Waals surface area contributed by atoms with Gasteiger partial charge in [0.05, 0.1) is 34.8 Å². The van der Waals surface area contributed by atoms with Gasteiger partial charge in [-0.2, -0.15) is 0 Å². The van der Waals surface area contributed by atoms with Crippen molar-refractivity contribution in [3.63, 3.8) is 0 Å². The van der Waals surface area contributed by atoms with Crippen molar-refractivity contribution in [3.8, 4) is 44.5 Å². The summed E-state index contributed by atoms with van der Waals surface area (Å²) in [4.78, 5) is 45.0. The molecule has 3 aromatic heterocycles. The smallest absolute Gasteiger partial charge is 0.548 e. The zero-order valence-corrected chi connectivity index (χ0v) is 34.4. The molecule has 6 heterocycles. The third-order valence-corrected chi connectivity index (χ3v) is 11.1. The van der Waals surface area contributed by atoms with Crippen LogP contribution in [-0.2, 0) is 4.79 Å². The van der Waals surface area contributed by atoms with Gasteiger partial charge in [0, 0.05) is 56.4 Å². The number of nitrogens with one attached hydrogen (secondary N) is 2. The van der Waals surface area contributed by atoms with Crippen LogP contribution in [0.1, 0.15) is 46.0 Å². The van der Waals surface area contributed by atoms with Gasteiger partial charge < -0.3 is 24.8 Å². The average molecular weight is 778 g/mol. The number of aromatic amines is 2. The molecule has 0 saturated carbocycles. The maximum absolute atomic E-state index is 13.6.